The van der Waals surface area contributed by atoms with Crippen LogP contribution in [0.25, 0.3) is 0 Å². The molecule has 4 rings (SSSR count). The van der Waals surface area contributed by atoms with Crippen LogP contribution in [0, 0.1) is 0 Å². The van der Waals surface area contributed by atoms with Gasteiger partial charge in [0.05, 0.1) is 0 Å². The Kier molecular flexibility index (Phi) is 10.3. The Bertz CT molecular complexity index is 694. The fourth-order valence-electron chi connectivity index (χ4n) is 5.32. The van der Waals surface area contributed by atoms with Gasteiger partial charge in [-0.15, -0.1) is 0 Å². The van der Waals surface area contributed by atoms with Crippen LogP contribution in [-0.2, 0) is 9.31 Å². The monoisotopic (exact) mass is 447 g/mol. The van der Waals surface area contributed by atoms with Crippen LogP contribution in [0.5, 0.6) is 0 Å². The van der Waals surface area contributed by atoms with E-state index < -0.39 is 0 Å². The average molecular weight is 447 g/mol. The molecule has 5 heteroatoms. The Labute approximate surface area is 201 Å². The van der Waals surface area contributed by atoms with Crippen molar-refractivity contribution in [2.24, 2.45) is 0 Å². The maximum Gasteiger partial charge on any atom is 0.487 e. The molecular formula is C28H40BN2O2. The van der Waals surface area contributed by atoms with E-state index in [0.717, 1.165) is 51.0 Å². The van der Waals surface area contributed by atoms with Crippen molar-refractivity contribution in [2.75, 3.05) is 52.5 Å². The molecule has 0 aliphatic carbocycles. The van der Waals surface area contributed by atoms with Gasteiger partial charge in [0.15, 0.2) is 0 Å². The minimum Gasteiger partial charge on any atom is -0.413 e. The summed E-state index contributed by atoms with van der Waals surface area (Å²) in [6, 6.07) is 22.0. The lowest BCUT2D eigenvalue weighted by Gasteiger charge is -2.32. The van der Waals surface area contributed by atoms with Crippen molar-refractivity contribution in [2.45, 2.75) is 50.4 Å². The molecule has 0 N–H and O–H groups in total. The van der Waals surface area contributed by atoms with Gasteiger partial charge in [-0.05, 0) is 87.7 Å². The topological polar surface area (TPSA) is 24.9 Å². The Hall–Kier alpha value is -1.66. The first-order valence-electron chi connectivity index (χ1n) is 13.0. The van der Waals surface area contributed by atoms with Crippen LogP contribution in [0.1, 0.15) is 61.5 Å². The zero-order valence-corrected chi connectivity index (χ0v) is 20.1. The summed E-state index contributed by atoms with van der Waals surface area (Å²) in [5.74, 6) is 1.46. The predicted molar refractivity (Wildman–Crippen MR) is 137 cm³/mol. The maximum absolute atomic E-state index is 5.58. The molecule has 4 nitrogen and oxygen atoms in total. The Morgan fingerprint density at radius 2 is 1.00 bits per heavy atom. The van der Waals surface area contributed by atoms with Gasteiger partial charge in [-0.3, -0.25) is 0 Å². The molecule has 0 amide bonds. The van der Waals surface area contributed by atoms with Crippen molar-refractivity contribution in [3.8, 4) is 0 Å². The van der Waals surface area contributed by atoms with Crippen LogP contribution in [0.4, 0.5) is 0 Å². The molecular weight excluding hydrogens is 407 g/mol. The highest BCUT2D eigenvalue weighted by molar-refractivity contribution is 6.17. The zero-order valence-electron chi connectivity index (χ0n) is 20.1. The second-order valence-corrected chi connectivity index (χ2v) is 9.60. The van der Waals surface area contributed by atoms with Crippen LogP contribution < -0.4 is 0 Å². The van der Waals surface area contributed by atoms with Crippen molar-refractivity contribution < 1.29 is 9.31 Å². The predicted octanol–water partition coefficient (Wildman–Crippen LogP) is 5.09. The fraction of sp³-hybridized carbons (Fsp3) is 0.571. The van der Waals surface area contributed by atoms with Crippen LogP contribution in [-0.4, -0.2) is 70.0 Å². The Morgan fingerprint density at radius 3 is 1.39 bits per heavy atom. The third kappa shape index (κ3) is 8.26. The summed E-state index contributed by atoms with van der Waals surface area (Å²) in [7, 11) is 1.56. The summed E-state index contributed by atoms with van der Waals surface area (Å²) < 4.78 is 11.2. The van der Waals surface area contributed by atoms with Crippen molar-refractivity contribution >= 4 is 7.69 Å². The summed E-state index contributed by atoms with van der Waals surface area (Å²) >= 11 is 0. The number of piperidine rings is 2. The van der Waals surface area contributed by atoms with Crippen molar-refractivity contribution in [1.29, 1.82) is 0 Å². The first-order valence-corrected chi connectivity index (χ1v) is 13.0. The van der Waals surface area contributed by atoms with E-state index in [1.54, 1.807) is 7.69 Å². The lowest BCUT2D eigenvalue weighted by atomic mass is 9.89. The number of rotatable bonds is 12. The minimum atomic E-state index is 0.732. The molecule has 2 aliphatic heterocycles. The summed E-state index contributed by atoms with van der Waals surface area (Å²) in [5, 5.41) is 0. The molecule has 177 valence electrons. The fourth-order valence-corrected chi connectivity index (χ4v) is 5.32. The van der Waals surface area contributed by atoms with Gasteiger partial charge in [0, 0.05) is 26.3 Å². The highest BCUT2D eigenvalue weighted by atomic mass is 16.6. The van der Waals surface area contributed by atoms with Crippen molar-refractivity contribution in [3.63, 3.8) is 0 Å². The van der Waals surface area contributed by atoms with Crippen LogP contribution in [0.3, 0.4) is 0 Å². The molecule has 2 saturated heterocycles. The molecule has 2 aromatic carbocycles. The van der Waals surface area contributed by atoms with E-state index in [1.165, 1.54) is 63.0 Å². The van der Waals surface area contributed by atoms with Gasteiger partial charge in [-0.2, -0.15) is 0 Å². The third-order valence-corrected chi connectivity index (χ3v) is 7.33. The molecule has 0 bridgehead atoms. The first-order chi connectivity index (χ1) is 16.4. The lowest BCUT2D eigenvalue weighted by molar-refractivity contribution is 0.167. The second-order valence-electron chi connectivity index (χ2n) is 9.60. The lowest BCUT2D eigenvalue weighted by Crippen LogP contribution is -2.34. The van der Waals surface area contributed by atoms with Gasteiger partial charge < -0.3 is 19.1 Å². The van der Waals surface area contributed by atoms with Crippen LogP contribution in [0.2, 0.25) is 0 Å². The van der Waals surface area contributed by atoms with E-state index in [4.69, 9.17) is 9.31 Å². The minimum absolute atomic E-state index is 0.732. The number of hydrogen-bond donors (Lipinski definition) is 0. The van der Waals surface area contributed by atoms with E-state index in [2.05, 4.69) is 70.5 Å². The molecule has 0 unspecified atom stereocenters. The average Bonchev–Trinajstić information content (AvgIpc) is 2.89. The van der Waals surface area contributed by atoms with Gasteiger partial charge in [-0.25, -0.2) is 0 Å². The van der Waals surface area contributed by atoms with E-state index in [1.807, 2.05) is 0 Å². The smallest absolute Gasteiger partial charge is 0.413 e. The number of hydrogen-bond acceptors (Lipinski definition) is 4. The van der Waals surface area contributed by atoms with E-state index >= 15 is 0 Å². The first kappa shape index (κ1) is 24.5. The molecule has 2 heterocycles. The summed E-state index contributed by atoms with van der Waals surface area (Å²) in [6.45, 7) is 8.51. The van der Waals surface area contributed by atoms with Gasteiger partial charge in [-0.1, -0.05) is 60.7 Å². The maximum atomic E-state index is 5.58. The Balaban J connectivity index is 0.950. The number of benzene rings is 2. The van der Waals surface area contributed by atoms with E-state index in [-0.39, 0.29) is 0 Å². The quantitative estimate of drug-likeness (QED) is 0.334. The molecule has 0 saturated carbocycles. The molecule has 0 aromatic heterocycles. The van der Waals surface area contributed by atoms with Crippen molar-refractivity contribution in [1.82, 2.24) is 9.80 Å². The molecule has 1 radical (unpaired) electrons. The van der Waals surface area contributed by atoms with Gasteiger partial charge in [0.1, 0.15) is 0 Å². The standard InChI is InChI=1S/C28H40BN2O2/c1-3-9-25(10-4-1)27-13-19-30(20-14-27)17-7-23-32-29-33-24-8-18-31-21-15-28(16-22-31)26-11-5-2-6-12-26/h1-6,9-12,27-28H,7-8,13-24H2. The van der Waals surface area contributed by atoms with Gasteiger partial charge >= 0.3 is 7.69 Å². The highest BCUT2D eigenvalue weighted by Crippen LogP contribution is 2.28. The summed E-state index contributed by atoms with van der Waals surface area (Å²) in [4.78, 5) is 5.15. The SMILES string of the molecule is [B](OCCCN1CCC(c2ccccc2)CC1)OCCCN1CCC(c2ccccc2)CC1. The molecule has 2 fully saturated rings. The van der Waals surface area contributed by atoms with Crippen molar-refractivity contribution in [3.05, 3.63) is 71.8 Å². The molecule has 33 heavy (non-hydrogen) atoms. The molecule has 2 aromatic rings. The summed E-state index contributed by atoms with van der Waals surface area (Å²) in [5.41, 5.74) is 3.01. The highest BCUT2D eigenvalue weighted by Gasteiger charge is 2.21. The van der Waals surface area contributed by atoms with Crippen LogP contribution >= 0.6 is 0 Å². The molecule has 0 spiro atoms. The van der Waals surface area contributed by atoms with Crippen LogP contribution in [0.15, 0.2) is 60.7 Å². The number of likely N-dealkylation sites (tertiary alicyclic amines) is 2. The molecule has 0 atom stereocenters. The van der Waals surface area contributed by atoms with Gasteiger partial charge in [0.25, 0.3) is 0 Å². The zero-order chi connectivity index (χ0) is 22.6. The van der Waals surface area contributed by atoms with E-state index in [0.29, 0.717) is 0 Å². The van der Waals surface area contributed by atoms with Gasteiger partial charge in [0.2, 0.25) is 0 Å². The largest absolute Gasteiger partial charge is 0.487 e. The van der Waals surface area contributed by atoms with E-state index in [9.17, 15) is 0 Å². The molecule has 2 aliphatic rings. The normalized spacial score (nSPS) is 19.0. The summed E-state index contributed by atoms with van der Waals surface area (Å²) in [6.07, 6.45) is 7.20. The third-order valence-electron chi connectivity index (χ3n) is 7.33. The Morgan fingerprint density at radius 1 is 0.606 bits per heavy atom. The number of nitrogens with zero attached hydrogens (tertiary/aromatic N) is 2. The second kappa shape index (κ2) is 13.9.